The molecule has 1 aliphatic rings. The summed E-state index contributed by atoms with van der Waals surface area (Å²) in [6.45, 7) is 4.15. The van der Waals surface area contributed by atoms with Gasteiger partial charge in [0.2, 0.25) is 5.91 Å². The monoisotopic (exact) mass is 210 g/mol. The summed E-state index contributed by atoms with van der Waals surface area (Å²) in [4.78, 5) is 13.6. The molecule has 84 valence electrons. The number of nitriles is 1. The summed E-state index contributed by atoms with van der Waals surface area (Å²) in [7, 11) is 0. The van der Waals surface area contributed by atoms with E-state index in [1.54, 1.807) is 4.90 Å². The van der Waals surface area contributed by atoms with Crippen LogP contribution in [0.5, 0.6) is 0 Å². The van der Waals surface area contributed by atoms with Crippen molar-refractivity contribution in [3.8, 4) is 6.07 Å². The topological polar surface area (TPSA) is 53.3 Å². The molecule has 0 aliphatic carbocycles. The minimum absolute atomic E-state index is 0.0290. The van der Waals surface area contributed by atoms with Crippen LogP contribution in [0.1, 0.15) is 26.2 Å². The zero-order valence-electron chi connectivity index (χ0n) is 9.24. The molecule has 1 fully saturated rings. The molecule has 0 bridgehead atoms. The first-order valence-corrected chi connectivity index (χ1v) is 5.53. The molecule has 0 radical (unpaired) electrons. The first kappa shape index (κ1) is 12.0. The molecule has 4 heteroatoms. The second-order valence-electron chi connectivity index (χ2n) is 3.83. The molecule has 1 atom stereocenters. The molecule has 1 unspecified atom stereocenters. The third kappa shape index (κ3) is 3.52. The Kier molecular flexibility index (Phi) is 5.13. The summed E-state index contributed by atoms with van der Waals surface area (Å²) in [5.41, 5.74) is 0. The first-order valence-electron chi connectivity index (χ1n) is 5.53. The van der Waals surface area contributed by atoms with E-state index in [0.717, 1.165) is 25.9 Å². The van der Waals surface area contributed by atoms with Crippen LogP contribution in [0, 0.1) is 17.2 Å². The van der Waals surface area contributed by atoms with Gasteiger partial charge in [0.15, 0.2) is 0 Å². The average Bonchev–Trinajstić information content (AvgIpc) is 2.29. The highest BCUT2D eigenvalue weighted by Gasteiger charge is 2.25. The number of carbonyl (C=O) groups excluding carboxylic acids is 1. The fourth-order valence-electron chi connectivity index (χ4n) is 1.82. The van der Waals surface area contributed by atoms with Crippen LogP contribution in [0.2, 0.25) is 0 Å². The molecule has 1 rings (SSSR count). The van der Waals surface area contributed by atoms with Crippen LogP contribution in [0.15, 0.2) is 0 Å². The van der Waals surface area contributed by atoms with Crippen molar-refractivity contribution >= 4 is 5.91 Å². The van der Waals surface area contributed by atoms with Crippen LogP contribution < -0.4 is 0 Å². The molecule has 0 aromatic rings. The highest BCUT2D eigenvalue weighted by atomic mass is 16.5. The number of carbonyl (C=O) groups is 1. The molecule has 0 aromatic heterocycles. The maximum Gasteiger partial charge on any atom is 0.228 e. The number of hydrogen-bond donors (Lipinski definition) is 0. The predicted octanol–water partition coefficient (Wildman–Crippen LogP) is 1.18. The van der Waals surface area contributed by atoms with Gasteiger partial charge in [0, 0.05) is 13.2 Å². The molecule has 1 aliphatic heterocycles. The van der Waals surface area contributed by atoms with Gasteiger partial charge in [0.1, 0.15) is 6.54 Å². The molecule has 0 saturated carbocycles. The second-order valence-corrected chi connectivity index (χ2v) is 3.83. The van der Waals surface area contributed by atoms with E-state index >= 15 is 0 Å². The molecular weight excluding hydrogens is 192 g/mol. The fourth-order valence-corrected chi connectivity index (χ4v) is 1.82. The average molecular weight is 210 g/mol. The van der Waals surface area contributed by atoms with Gasteiger partial charge in [-0.2, -0.15) is 5.26 Å². The Morgan fingerprint density at radius 3 is 3.00 bits per heavy atom. The number of hydrogen-bond acceptors (Lipinski definition) is 3. The van der Waals surface area contributed by atoms with Crippen molar-refractivity contribution in [3.63, 3.8) is 0 Å². The third-order valence-corrected chi connectivity index (χ3v) is 2.58. The Morgan fingerprint density at radius 2 is 2.47 bits per heavy atom. The van der Waals surface area contributed by atoms with Crippen LogP contribution in [0.3, 0.4) is 0 Å². The molecule has 0 spiro atoms. The van der Waals surface area contributed by atoms with Crippen LogP contribution in [0.4, 0.5) is 0 Å². The van der Waals surface area contributed by atoms with E-state index in [9.17, 15) is 4.79 Å². The first-order chi connectivity index (χ1) is 7.29. The summed E-state index contributed by atoms with van der Waals surface area (Å²) >= 11 is 0. The van der Waals surface area contributed by atoms with Crippen LogP contribution in [-0.4, -0.2) is 37.1 Å². The summed E-state index contributed by atoms with van der Waals surface area (Å²) in [5, 5.41) is 8.64. The van der Waals surface area contributed by atoms with Crippen molar-refractivity contribution in [2.75, 3.05) is 26.3 Å². The third-order valence-electron chi connectivity index (χ3n) is 2.58. The van der Waals surface area contributed by atoms with Crippen LogP contribution in [0.25, 0.3) is 0 Å². The van der Waals surface area contributed by atoms with E-state index in [4.69, 9.17) is 10.00 Å². The second kappa shape index (κ2) is 6.41. The van der Waals surface area contributed by atoms with Gasteiger partial charge < -0.3 is 9.64 Å². The molecule has 4 nitrogen and oxygen atoms in total. The maximum atomic E-state index is 12.0. The minimum atomic E-state index is -0.0290. The van der Waals surface area contributed by atoms with E-state index in [1.165, 1.54) is 0 Å². The Balaban J connectivity index is 2.50. The van der Waals surface area contributed by atoms with Gasteiger partial charge in [-0.3, -0.25) is 4.79 Å². The van der Waals surface area contributed by atoms with E-state index in [1.807, 2.05) is 13.0 Å². The van der Waals surface area contributed by atoms with E-state index in [0.29, 0.717) is 13.2 Å². The summed E-state index contributed by atoms with van der Waals surface area (Å²) in [5.74, 6) is 0.0525. The van der Waals surface area contributed by atoms with Crippen molar-refractivity contribution < 1.29 is 9.53 Å². The van der Waals surface area contributed by atoms with Gasteiger partial charge in [0.25, 0.3) is 0 Å². The standard InChI is InChI=1S/C11H18N2O2/c1-2-6-13(7-5-12)11(14)10-4-3-8-15-9-10/h10H,2-4,6-9H2,1H3. The molecule has 0 N–H and O–H groups in total. The van der Waals surface area contributed by atoms with Crippen LogP contribution in [-0.2, 0) is 9.53 Å². The molecule has 1 saturated heterocycles. The smallest absolute Gasteiger partial charge is 0.228 e. The lowest BCUT2D eigenvalue weighted by atomic mass is 10.0. The summed E-state index contributed by atoms with van der Waals surface area (Å²) < 4.78 is 5.28. The van der Waals surface area contributed by atoms with Crippen molar-refractivity contribution in [2.45, 2.75) is 26.2 Å². The van der Waals surface area contributed by atoms with E-state index < -0.39 is 0 Å². The van der Waals surface area contributed by atoms with Gasteiger partial charge >= 0.3 is 0 Å². The number of ether oxygens (including phenoxy) is 1. The Morgan fingerprint density at radius 1 is 1.67 bits per heavy atom. The van der Waals surface area contributed by atoms with Crippen LogP contribution >= 0.6 is 0 Å². The van der Waals surface area contributed by atoms with Gasteiger partial charge in [-0.15, -0.1) is 0 Å². The largest absolute Gasteiger partial charge is 0.381 e. The zero-order chi connectivity index (χ0) is 11.1. The van der Waals surface area contributed by atoms with Crippen molar-refractivity contribution in [1.29, 1.82) is 5.26 Å². The van der Waals surface area contributed by atoms with Gasteiger partial charge in [-0.1, -0.05) is 6.92 Å². The van der Waals surface area contributed by atoms with E-state index in [-0.39, 0.29) is 18.4 Å². The van der Waals surface area contributed by atoms with Crippen molar-refractivity contribution in [3.05, 3.63) is 0 Å². The lowest BCUT2D eigenvalue weighted by Gasteiger charge is -2.27. The molecule has 1 heterocycles. The summed E-state index contributed by atoms with van der Waals surface area (Å²) in [6, 6.07) is 2.04. The Bertz CT molecular complexity index is 241. The highest BCUT2D eigenvalue weighted by molar-refractivity contribution is 5.79. The fraction of sp³-hybridized carbons (Fsp3) is 0.818. The van der Waals surface area contributed by atoms with Gasteiger partial charge in [-0.05, 0) is 19.3 Å². The number of rotatable bonds is 4. The predicted molar refractivity (Wildman–Crippen MR) is 56.0 cm³/mol. The van der Waals surface area contributed by atoms with Crippen molar-refractivity contribution in [2.24, 2.45) is 5.92 Å². The number of amides is 1. The maximum absolute atomic E-state index is 12.0. The molecule has 0 aromatic carbocycles. The molecule has 15 heavy (non-hydrogen) atoms. The Labute approximate surface area is 90.8 Å². The summed E-state index contributed by atoms with van der Waals surface area (Å²) in [6.07, 6.45) is 2.73. The lowest BCUT2D eigenvalue weighted by Crippen LogP contribution is -2.40. The zero-order valence-corrected chi connectivity index (χ0v) is 9.24. The highest BCUT2D eigenvalue weighted by Crippen LogP contribution is 2.16. The normalized spacial score (nSPS) is 20.7. The SMILES string of the molecule is CCCN(CC#N)C(=O)C1CCCOC1. The van der Waals surface area contributed by atoms with E-state index in [2.05, 4.69) is 0 Å². The molecular formula is C11H18N2O2. The van der Waals surface area contributed by atoms with Gasteiger partial charge in [-0.25, -0.2) is 0 Å². The minimum Gasteiger partial charge on any atom is -0.381 e. The quantitative estimate of drug-likeness (QED) is 0.655. The van der Waals surface area contributed by atoms with Crippen molar-refractivity contribution in [1.82, 2.24) is 4.90 Å². The molecule has 1 amide bonds. The Hall–Kier alpha value is -1.08. The lowest BCUT2D eigenvalue weighted by molar-refractivity contribution is -0.139. The van der Waals surface area contributed by atoms with Gasteiger partial charge in [0.05, 0.1) is 18.6 Å². The number of nitrogens with zero attached hydrogens (tertiary/aromatic N) is 2.